The first-order chi connectivity index (χ1) is 16.2. The first kappa shape index (κ1) is 25.1. The summed E-state index contributed by atoms with van der Waals surface area (Å²) < 4.78 is 6.68. The molecule has 3 heterocycles. The van der Waals surface area contributed by atoms with Gasteiger partial charge in [-0.05, 0) is 63.4 Å². The number of rotatable bonds is 5. The molecule has 3 aliphatic heterocycles. The minimum atomic E-state index is -0.828. The van der Waals surface area contributed by atoms with Crippen molar-refractivity contribution in [2.75, 3.05) is 26.7 Å². The molecule has 3 fully saturated rings. The molecule has 3 aliphatic rings. The number of fused-ring (bicyclic) bond motifs is 2. The van der Waals surface area contributed by atoms with Crippen molar-refractivity contribution in [3.8, 4) is 0 Å². The van der Waals surface area contributed by atoms with Gasteiger partial charge in [0.2, 0.25) is 11.8 Å². The second-order valence-corrected chi connectivity index (χ2v) is 10.9. The number of likely N-dealkylation sites (N-methyl/N-ethyl adjacent to an activating group) is 1. The summed E-state index contributed by atoms with van der Waals surface area (Å²) in [5, 5.41) is 21.5. The fourth-order valence-corrected chi connectivity index (χ4v) is 6.64. The average Bonchev–Trinajstić information content (AvgIpc) is 2.90. The Labute approximate surface area is 203 Å². The number of hydrogen-bond donors (Lipinski definition) is 2. The Hall–Kier alpha value is -1.96. The number of piperidine rings is 1. The van der Waals surface area contributed by atoms with Crippen LogP contribution in [0.15, 0.2) is 30.3 Å². The molecule has 4 rings (SSSR count). The van der Waals surface area contributed by atoms with E-state index >= 15 is 0 Å². The van der Waals surface area contributed by atoms with Crippen molar-refractivity contribution in [3.05, 3.63) is 35.9 Å². The Bertz CT molecular complexity index is 871. The van der Waals surface area contributed by atoms with E-state index in [2.05, 4.69) is 12.1 Å². The zero-order chi connectivity index (χ0) is 24.5. The van der Waals surface area contributed by atoms with Crippen molar-refractivity contribution >= 4 is 11.8 Å². The maximum atomic E-state index is 13.5. The summed E-state index contributed by atoms with van der Waals surface area (Å²) in [7, 11) is 1.81. The first-order valence-corrected chi connectivity index (χ1v) is 12.7. The molecule has 1 aromatic rings. The van der Waals surface area contributed by atoms with E-state index in [9.17, 15) is 19.8 Å². The molecule has 2 amide bonds. The van der Waals surface area contributed by atoms with Gasteiger partial charge in [0.25, 0.3) is 0 Å². The van der Waals surface area contributed by atoms with E-state index in [0.717, 1.165) is 6.42 Å². The predicted molar refractivity (Wildman–Crippen MR) is 129 cm³/mol. The number of aliphatic hydroxyl groups is 2. The third-order valence-electron chi connectivity index (χ3n) is 8.58. The fourth-order valence-electron chi connectivity index (χ4n) is 6.64. The molecule has 188 valence electrons. The van der Waals surface area contributed by atoms with E-state index in [0.29, 0.717) is 51.6 Å². The molecule has 0 unspecified atom stereocenters. The van der Waals surface area contributed by atoms with Crippen molar-refractivity contribution in [1.29, 1.82) is 0 Å². The van der Waals surface area contributed by atoms with Gasteiger partial charge in [-0.1, -0.05) is 30.3 Å². The maximum absolute atomic E-state index is 13.5. The van der Waals surface area contributed by atoms with Crippen LogP contribution >= 0.6 is 0 Å². The smallest absolute Gasteiger partial charge is 0.225 e. The lowest BCUT2D eigenvalue weighted by Crippen LogP contribution is -2.59. The number of ether oxygens (including phenoxy) is 1. The van der Waals surface area contributed by atoms with Gasteiger partial charge in [0.1, 0.15) is 6.10 Å². The summed E-state index contributed by atoms with van der Waals surface area (Å²) in [4.78, 5) is 28.7. The minimum absolute atomic E-state index is 0.0296. The molecule has 5 atom stereocenters. The molecule has 2 bridgehead atoms. The highest BCUT2D eigenvalue weighted by Crippen LogP contribution is 2.51. The van der Waals surface area contributed by atoms with Gasteiger partial charge in [-0.3, -0.25) is 9.59 Å². The number of likely N-dealkylation sites (tertiary alicyclic amines) is 1. The van der Waals surface area contributed by atoms with Crippen LogP contribution in [0.2, 0.25) is 0 Å². The maximum Gasteiger partial charge on any atom is 0.225 e. The number of nitrogens with zero attached hydrogens (tertiary/aromatic N) is 2. The zero-order valence-electron chi connectivity index (χ0n) is 20.8. The topological polar surface area (TPSA) is 90.3 Å². The van der Waals surface area contributed by atoms with Crippen LogP contribution in [-0.4, -0.2) is 81.9 Å². The SMILES string of the molecule is CC(=O)N1CCC(C(=O)N(C)[C@H]2CC[C@@]3(CCO)C[C@H](c4ccccc4)C[C@](C)(O3)[C@@H]2O)CC1. The standard InChI is InChI=1S/C27H40N2O5/c1-19(31)29-14-10-21(11-15-29)25(33)28(3)23-9-12-27(13-16-30)18-22(20-7-5-4-6-8-20)17-26(2,34-27)24(23)32/h4-8,21-24,30,32H,9-18H2,1-3H3/t22-,23+,24-,26+,27-/m1/s1. The van der Waals surface area contributed by atoms with E-state index in [1.807, 2.05) is 25.1 Å². The summed E-state index contributed by atoms with van der Waals surface area (Å²) in [6.45, 7) is 4.78. The van der Waals surface area contributed by atoms with Crippen molar-refractivity contribution in [2.45, 2.75) is 88.1 Å². The Morgan fingerprint density at radius 3 is 2.44 bits per heavy atom. The number of amides is 2. The highest BCUT2D eigenvalue weighted by molar-refractivity contribution is 5.80. The van der Waals surface area contributed by atoms with Crippen LogP contribution in [0, 0.1) is 5.92 Å². The Kier molecular flexibility index (Phi) is 7.36. The number of benzene rings is 1. The lowest BCUT2D eigenvalue weighted by atomic mass is 9.73. The Balaban J connectivity index is 1.55. The molecular formula is C27H40N2O5. The van der Waals surface area contributed by atoms with Gasteiger partial charge in [-0.2, -0.15) is 0 Å². The molecular weight excluding hydrogens is 432 g/mol. The van der Waals surface area contributed by atoms with Crippen molar-refractivity contribution in [1.82, 2.24) is 9.80 Å². The van der Waals surface area contributed by atoms with Gasteiger partial charge in [0.15, 0.2) is 0 Å². The molecule has 0 radical (unpaired) electrons. The van der Waals surface area contributed by atoms with Gasteiger partial charge in [0.05, 0.1) is 17.2 Å². The lowest BCUT2D eigenvalue weighted by Gasteiger charge is -2.51. The van der Waals surface area contributed by atoms with Gasteiger partial charge in [-0.25, -0.2) is 0 Å². The molecule has 0 aromatic heterocycles. The predicted octanol–water partition coefficient (Wildman–Crippen LogP) is 2.70. The van der Waals surface area contributed by atoms with Crippen molar-refractivity contribution in [3.63, 3.8) is 0 Å². The van der Waals surface area contributed by atoms with Crippen LogP contribution in [0.1, 0.15) is 70.3 Å². The summed E-state index contributed by atoms with van der Waals surface area (Å²) in [5.74, 6) is 0.186. The molecule has 0 spiro atoms. The number of carbonyl (C=O) groups is 2. The second kappa shape index (κ2) is 9.96. The van der Waals surface area contributed by atoms with Crippen LogP contribution in [0.5, 0.6) is 0 Å². The number of aliphatic hydroxyl groups excluding tert-OH is 2. The lowest BCUT2D eigenvalue weighted by molar-refractivity contribution is -0.226. The molecule has 0 saturated carbocycles. The average molecular weight is 473 g/mol. The van der Waals surface area contributed by atoms with E-state index in [1.165, 1.54) is 5.56 Å². The van der Waals surface area contributed by atoms with Crippen molar-refractivity contribution < 1.29 is 24.5 Å². The monoisotopic (exact) mass is 472 g/mol. The first-order valence-electron chi connectivity index (χ1n) is 12.7. The fraction of sp³-hybridized carbons (Fsp3) is 0.704. The molecule has 2 N–H and O–H groups in total. The number of carbonyl (C=O) groups excluding carboxylic acids is 2. The largest absolute Gasteiger partial charge is 0.396 e. The van der Waals surface area contributed by atoms with Crippen LogP contribution in [0.25, 0.3) is 0 Å². The minimum Gasteiger partial charge on any atom is -0.396 e. The zero-order valence-corrected chi connectivity index (χ0v) is 20.8. The van der Waals surface area contributed by atoms with Gasteiger partial charge >= 0.3 is 0 Å². The molecule has 3 saturated heterocycles. The molecule has 1 aromatic carbocycles. The van der Waals surface area contributed by atoms with Crippen LogP contribution in [0.3, 0.4) is 0 Å². The van der Waals surface area contributed by atoms with Crippen molar-refractivity contribution in [2.24, 2.45) is 5.92 Å². The highest BCUT2D eigenvalue weighted by Gasteiger charge is 2.55. The Morgan fingerprint density at radius 1 is 1.15 bits per heavy atom. The van der Waals surface area contributed by atoms with Crippen LogP contribution < -0.4 is 0 Å². The number of hydrogen-bond acceptors (Lipinski definition) is 5. The second-order valence-electron chi connectivity index (χ2n) is 10.9. The quantitative estimate of drug-likeness (QED) is 0.688. The van der Waals surface area contributed by atoms with E-state index in [-0.39, 0.29) is 36.3 Å². The third kappa shape index (κ3) is 4.88. The molecule has 34 heavy (non-hydrogen) atoms. The van der Waals surface area contributed by atoms with Crippen LogP contribution in [0.4, 0.5) is 0 Å². The summed E-state index contributed by atoms with van der Waals surface area (Å²) >= 11 is 0. The molecule has 7 nitrogen and oxygen atoms in total. The third-order valence-corrected chi connectivity index (χ3v) is 8.58. The normalized spacial score (nSPS) is 34.4. The van der Waals surface area contributed by atoms with E-state index in [4.69, 9.17) is 4.74 Å². The summed E-state index contributed by atoms with van der Waals surface area (Å²) in [6, 6.07) is 10.00. The highest BCUT2D eigenvalue weighted by atomic mass is 16.5. The molecule has 0 aliphatic carbocycles. The van der Waals surface area contributed by atoms with E-state index < -0.39 is 17.3 Å². The molecule has 7 heteroatoms. The van der Waals surface area contributed by atoms with E-state index in [1.54, 1.807) is 23.8 Å². The Morgan fingerprint density at radius 2 is 1.82 bits per heavy atom. The summed E-state index contributed by atoms with van der Waals surface area (Å²) in [6.07, 6.45) is 3.79. The van der Waals surface area contributed by atoms with Gasteiger partial charge < -0.3 is 24.7 Å². The van der Waals surface area contributed by atoms with Gasteiger partial charge in [0, 0.05) is 39.6 Å². The van der Waals surface area contributed by atoms with Gasteiger partial charge in [-0.15, -0.1) is 0 Å². The summed E-state index contributed by atoms with van der Waals surface area (Å²) in [5.41, 5.74) is -0.109. The van der Waals surface area contributed by atoms with Crippen LogP contribution in [-0.2, 0) is 14.3 Å².